The van der Waals surface area contributed by atoms with Crippen LogP contribution in [-0.4, -0.2) is 21.5 Å². The third-order valence-corrected chi connectivity index (χ3v) is 3.60. The van der Waals surface area contributed by atoms with E-state index in [-0.39, 0.29) is 12.4 Å². The number of hydrogen-bond donors (Lipinski definition) is 1. The molecule has 0 aliphatic heterocycles. The summed E-state index contributed by atoms with van der Waals surface area (Å²) in [5, 5.41) is 13.7. The Morgan fingerprint density at radius 1 is 1.33 bits per heavy atom. The zero-order valence-corrected chi connectivity index (χ0v) is 12.7. The van der Waals surface area contributed by atoms with Crippen molar-refractivity contribution in [1.82, 2.24) is 9.78 Å². The van der Waals surface area contributed by atoms with Gasteiger partial charge < -0.3 is 5.11 Å². The summed E-state index contributed by atoms with van der Waals surface area (Å²) in [5.74, 6) is 5.28. The molecule has 0 unspecified atom stereocenters. The molecule has 0 aliphatic carbocycles. The van der Waals surface area contributed by atoms with E-state index >= 15 is 0 Å². The molecule has 0 spiro atoms. The molecule has 5 heteroatoms. The van der Waals surface area contributed by atoms with Gasteiger partial charge in [-0.3, -0.25) is 4.68 Å². The summed E-state index contributed by atoms with van der Waals surface area (Å²) in [5.41, 5.74) is 2.97. The van der Waals surface area contributed by atoms with Crippen molar-refractivity contribution in [2.24, 2.45) is 0 Å². The molecule has 1 N–H and O–H groups in total. The van der Waals surface area contributed by atoms with Gasteiger partial charge in [0.15, 0.2) is 0 Å². The van der Waals surface area contributed by atoms with Crippen molar-refractivity contribution < 1.29 is 9.50 Å². The van der Waals surface area contributed by atoms with Gasteiger partial charge in [0.2, 0.25) is 0 Å². The lowest BCUT2D eigenvalue weighted by Crippen LogP contribution is -2.04. The summed E-state index contributed by atoms with van der Waals surface area (Å²) in [6, 6.07) is 4.65. The van der Waals surface area contributed by atoms with Gasteiger partial charge in [0, 0.05) is 12.0 Å². The van der Waals surface area contributed by atoms with Crippen LogP contribution < -0.4 is 0 Å². The molecule has 1 heterocycles. The van der Waals surface area contributed by atoms with Gasteiger partial charge in [-0.1, -0.05) is 23.4 Å². The van der Waals surface area contributed by atoms with E-state index in [4.69, 9.17) is 16.7 Å². The molecule has 0 radical (unpaired) electrons. The Hall–Kier alpha value is -1.83. The van der Waals surface area contributed by atoms with Crippen LogP contribution >= 0.6 is 11.6 Å². The highest BCUT2D eigenvalue weighted by Gasteiger charge is 2.10. The molecular formula is C16H16ClFN2O. The van der Waals surface area contributed by atoms with E-state index in [1.54, 1.807) is 4.68 Å². The predicted octanol–water partition coefficient (Wildman–Crippen LogP) is 3.07. The van der Waals surface area contributed by atoms with Gasteiger partial charge >= 0.3 is 0 Å². The van der Waals surface area contributed by atoms with E-state index in [0.29, 0.717) is 23.6 Å². The number of aliphatic hydroxyl groups excluding tert-OH is 1. The van der Waals surface area contributed by atoms with Crippen LogP contribution in [0.5, 0.6) is 0 Å². The Labute approximate surface area is 128 Å². The summed E-state index contributed by atoms with van der Waals surface area (Å²) in [6.45, 7) is 4.15. The maximum absolute atomic E-state index is 13.7. The van der Waals surface area contributed by atoms with E-state index in [1.165, 1.54) is 12.1 Å². The minimum Gasteiger partial charge on any atom is -0.395 e. The molecule has 2 aromatic rings. The second-order valence-corrected chi connectivity index (χ2v) is 5.14. The molecule has 1 aromatic heterocycles. The standard InChI is InChI=1S/C16H16ClFN2O/c1-11-16(17)12(2)20(19-11)10-14-7-13(5-3-4-6-21)8-15(18)9-14/h7-9,21H,4,6,10H2,1-2H3. The quantitative estimate of drug-likeness (QED) is 0.885. The SMILES string of the molecule is Cc1nn(Cc2cc(F)cc(C#CCCO)c2)c(C)c1Cl. The average molecular weight is 307 g/mol. The summed E-state index contributed by atoms with van der Waals surface area (Å²) >= 11 is 6.11. The molecular weight excluding hydrogens is 291 g/mol. The number of aryl methyl sites for hydroxylation is 1. The largest absolute Gasteiger partial charge is 0.395 e. The summed E-state index contributed by atoms with van der Waals surface area (Å²) in [4.78, 5) is 0. The lowest BCUT2D eigenvalue weighted by molar-refractivity contribution is 0.305. The van der Waals surface area contributed by atoms with E-state index in [9.17, 15) is 4.39 Å². The van der Waals surface area contributed by atoms with Crippen LogP contribution in [0.3, 0.4) is 0 Å². The topological polar surface area (TPSA) is 38.0 Å². The molecule has 3 nitrogen and oxygen atoms in total. The Bertz CT molecular complexity index is 713. The monoisotopic (exact) mass is 306 g/mol. The van der Waals surface area contributed by atoms with Crippen LogP contribution in [0.1, 0.15) is 28.9 Å². The normalized spacial score (nSPS) is 10.3. The molecule has 21 heavy (non-hydrogen) atoms. The van der Waals surface area contributed by atoms with Crippen molar-refractivity contribution in [3.63, 3.8) is 0 Å². The molecule has 1 aromatic carbocycles. The predicted molar refractivity (Wildman–Crippen MR) is 80.8 cm³/mol. The van der Waals surface area contributed by atoms with Crippen molar-refractivity contribution in [3.05, 3.63) is 51.6 Å². The zero-order chi connectivity index (χ0) is 15.4. The number of halogens is 2. The van der Waals surface area contributed by atoms with Crippen LogP contribution in [0.25, 0.3) is 0 Å². The zero-order valence-electron chi connectivity index (χ0n) is 12.0. The van der Waals surface area contributed by atoms with Crippen LogP contribution in [0.2, 0.25) is 5.02 Å². The molecule has 0 atom stereocenters. The molecule has 0 aliphatic rings. The first-order chi connectivity index (χ1) is 10.0. The number of rotatable bonds is 3. The first kappa shape index (κ1) is 15.6. The number of benzene rings is 1. The summed E-state index contributed by atoms with van der Waals surface area (Å²) < 4.78 is 15.4. The van der Waals surface area contributed by atoms with Gasteiger partial charge in [-0.25, -0.2) is 4.39 Å². The minimum atomic E-state index is -0.339. The maximum Gasteiger partial charge on any atom is 0.124 e. The summed E-state index contributed by atoms with van der Waals surface area (Å²) in [6.07, 6.45) is 0.374. The second kappa shape index (κ2) is 6.75. The number of nitrogens with zero attached hydrogens (tertiary/aromatic N) is 2. The van der Waals surface area contributed by atoms with Gasteiger partial charge in [-0.15, -0.1) is 0 Å². The Kier molecular flexibility index (Phi) is 5.00. The minimum absolute atomic E-state index is 0.000565. The Morgan fingerprint density at radius 2 is 2.10 bits per heavy atom. The lowest BCUT2D eigenvalue weighted by Gasteiger charge is -2.06. The highest BCUT2D eigenvalue weighted by atomic mass is 35.5. The van der Waals surface area contributed by atoms with Crippen molar-refractivity contribution in [1.29, 1.82) is 0 Å². The second-order valence-electron chi connectivity index (χ2n) is 4.77. The third-order valence-electron chi connectivity index (χ3n) is 3.05. The van der Waals surface area contributed by atoms with E-state index in [2.05, 4.69) is 16.9 Å². The Balaban J connectivity index is 2.28. The fraction of sp³-hybridized carbons (Fsp3) is 0.312. The fourth-order valence-electron chi connectivity index (χ4n) is 2.04. The number of hydrogen-bond acceptors (Lipinski definition) is 2. The van der Waals surface area contributed by atoms with Crippen molar-refractivity contribution in [2.75, 3.05) is 6.61 Å². The number of aliphatic hydroxyl groups is 1. The highest BCUT2D eigenvalue weighted by Crippen LogP contribution is 2.20. The van der Waals surface area contributed by atoms with E-state index < -0.39 is 0 Å². The van der Waals surface area contributed by atoms with Crippen molar-refractivity contribution in [2.45, 2.75) is 26.8 Å². The molecule has 110 valence electrons. The van der Waals surface area contributed by atoms with Crippen LogP contribution in [0.15, 0.2) is 18.2 Å². The first-order valence-corrected chi connectivity index (χ1v) is 6.97. The highest BCUT2D eigenvalue weighted by molar-refractivity contribution is 6.31. The average Bonchev–Trinajstić information content (AvgIpc) is 2.66. The number of aromatic nitrogens is 2. The molecule has 0 saturated heterocycles. The van der Waals surface area contributed by atoms with Crippen LogP contribution in [-0.2, 0) is 6.54 Å². The smallest absolute Gasteiger partial charge is 0.124 e. The van der Waals surface area contributed by atoms with E-state index in [0.717, 1.165) is 17.0 Å². The molecule has 2 rings (SSSR count). The molecule has 0 fully saturated rings. The molecule has 0 bridgehead atoms. The van der Waals surface area contributed by atoms with Crippen molar-refractivity contribution in [3.8, 4) is 11.8 Å². The molecule has 0 saturated carbocycles. The van der Waals surface area contributed by atoms with Gasteiger partial charge in [0.25, 0.3) is 0 Å². The van der Waals surface area contributed by atoms with Crippen LogP contribution in [0, 0.1) is 31.5 Å². The van der Waals surface area contributed by atoms with Gasteiger partial charge in [0.1, 0.15) is 5.82 Å². The lowest BCUT2D eigenvalue weighted by atomic mass is 10.1. The van der Waals surface area contributed by atoms with Gasteiger partial charge in [0.05, 0.1) is 29.6 Å². The molecule has 0 amide bonds. The fourth-order valence-corrected chi connectivity index (χ4v) is 2.17. The van der Waals surface area contributed by atoms with Gasteiger partial charge in [-0.05, 0) is 37.6 Å². The third kappa shape index (κ3) is 3.84. The summed E-state index contributed by atoms with van der Waals surface area (Å²) in [7, 11) is 0. The van der Waals surface area contributed by atoms with E-state index in [1.807, 2.05) is 19.9 Å². The van der Waals surface area contributed by atoms with Crippen molar-refractivity contribution >= 4 is 11.6 Å². The Morgan fingerprint density at radius 3 is 2.71 bits per heavy atom. The van der Waals surface area contributed by atoms with Gasteiger partial charge in [-0.2, -0.15) is 5.10 Å². The first-order valence-electron chi connectivity index (χ1n) is 6.60. The van der Waals surface area contributed by atoms with Crippen LogP contribution in [0.4, 0.5) is 4.39 Å². The maximum atomic E-state index is 13.7.